The molecule has 4 aromatic rings. The minimum atomic E-state index is -0.419. The third-order valence-corrected chi connectivity index (χ3v) is 10.5. The van der Waals surface area contributed by atoms with Gasteiger partial charge in [0.15, 0.2) is 0 Å². The van der Waals surface area contributed by atoms with Crippen LogP contribution in [0.25, 0.3) is 0 Å². The van der Waals surface area contributed by atoms with Crippen LogP contribution in [-0.4, -0.2) is 80.8 Å². The highest BCUT2D eigenvalue weighted by Gasteiger charge is 2.32. The number of hydrogen-bond acceptors (Lipinski definition) is 12. The summed E-state index contributed by atoms with van der Waals surface area (Å²) in [5, 5.41) is 0. The molecule has 0 aromatic heterocycles. The zero-order valence-corrected chi connectivity index (χ0v) is 36.1. The maximum atomic E-state index is 12.7. The predicted octanol–water partition coefficient (Wildman–Crippen LogP) is 7.70. The molecule has 4 atom stereocenters. The summed E-state index contributed by atoms with van der Waals surface area (Å²) in [7, 11) is 12.0. The lowest BCUT2D eigenvalue weighted by molar-refractivity contribution is -0.149. The van der Waals surface area contributed by atoms with Crippen molar-refractivity contribution in [2.75, 3.05) is 56.9 Å². The molecule has 0 aliphatic heterocycles. The molecule has 0 radical (unpaired) electrons. The van der Waals surface area contributed by atoms with Gasteiger partial charge in [-0.1, -0.05) is 48.5 Å². The summed E-state index contributed by atoms with van der Waals surface area (Å²) in [5.41, 5.74) is 4.00. The van der Waals surface area contributed by atoms with Crippen LogP contribution in [0.15, 0.2) is 97.1 Å². The van der Waals surface area contributed by atoms with Gasteiger partial charge >= 0.3 is 23.9 Å². The molecule has 0 fully saturated rings. The van der Waals surface area contributed by atoms with Crippen molar-refractivity contribution in [3.05, 3.63) is 119 Å². The van der Waals surface area contributed by atoms with E-state index in [1.54, 1.807) is 28.4 Å². The summed E-state index contributed by atoms with van der Waals surface area (Å²) in [6.07, 6.45) is 3.67. The number of esters is 4. The lowest BCUT2D eigenvalue weighted by Crippen LogP contribution is -2.29. The highest BCUT2D eigenvalue weighted by atomic mass is 16.5. The van der Waals surface area contributed by atoms with Crippen molar-refractivity contribution in [2.24, 2.45) is 23.7 Å². The Balaban J connectivity index is 0.000000320. The molecule has 0 N–H and O–H groups in total. The van der Waals surface area contributed by atoms with Gasteiger partial charge in [0, 0.05) is 12.8 Å². The van der Waals surface area contributed by atoms with Crippen molar-refractivity contribution >= 4 is 23.9 Å². The van der Waals surface area contributed by atoms with Crippen molar-refractivity contribution < 1.29 is 57.1 Å². The van der Waals surface area contributed by atoms with E-state index in [4.69, 9.17) is 37.9 Å². The minimum Gasteiger partial charge on any atom is -0.497 e. The van der Waals surface area contributed by atoms with Crippen LogP contribution in [0.2, 0.25) is 0 Å². The summed E-state index contributed by atoms with van der Waals surface area (Å²) < 4.78 is 41.1. The average molecular weight is 829 g/mol. The lowest BCUT2D eigenvalue weighted by Gasteiger charge is -2.26. The summed E-state index contributed by atoms with van der Waals surface area (Å²) in [5.74, 6) is 0.714. The molecule has 0 aliphatic carbocycles. The van der Waals surface area contributed by atoms with Crippen LogP contribution in [0.4, 0.5) is 0 Å². The van der Waals surface area contributed by atoms with Gasteiger partial charge in [-0.05, 0) is 121 Å². The smallest absolute Gasteiger partial charge is 0.309 e. The van der Waals surface area contributed by atoms with Crippen molar-refractivity contribution in [3.63, 3.8) is 0 Å². The van der Waals surface area contributed by atoms with Crippen LogP contribution in [-0.2, 0) is 63.8 Å². The van der Waals surface area contributed by atoms with Gasteiger partial charge in [0.1, 0.15) is 23.0 Å². The molecule has 0 amide bonds. The third kappa shape index (κ3) is 16.0. The molecule has 12 heteroatoms. The molecular weight excluding hydrogens is 769 g/mol. The minimum absolute atomic E-state index is 0.116. The van der Waals surface area contributed by atoms with Crippen LogP contribution in [0.5, 0.6) is 23.0 Å². The van der Waals surface area contributed by atoms with Gasteiger partial charge in [-0.25, -0.2) is 0 Å². The van der Waals surface area contributed by atoms with Crippen molar-refractivity contribution in [1.82, 2.24) is 0 Å². The normalized spacial score (nSPS) is 12.5. The Morgan fingerprint density at radius 1 is 0.400 bits per heavy atom. The quantitative estimate of drug-likeness (QED) is 0.0566. The number of carbonyl (C=O) groups excluding carboxylic acids is 4. The van der Waals surface area contributed by atoms with E-state index in [1.807, 2.05) is 97.1 Å². The van der Waals surface area contributed by atoms with E-state index in [9.17, 15) is 19.2 Å². The fraction of sp³-hybridized carbons (Fsp3) is 0.417. The SMILES string of the molecule is COC(=O)CC[C@@H](Cc1cccc(OC)c1)[C@H](Cc1cccc(OC)c1)C(=O)OC.COC(=O)CC[C@H](Cc1cccc(OC)c1)[C@@H](Cc1cccc(OC)c1)C(=O)OC. The van der Waals surface area contributed by atoms with E-state index in [1.165, 1.54) is 28.4 Å². The highest BCUT2D eigenvalue weighted by Crippen LogP contribution is 2.31. The second kappa shape index (κ2) is 26.1. The van der Waals surface area contributed by atoms with E-state index in [2.05, 4.69) is 0 Å². The zero-order chi connectivity index (χ0) is 43.9. The monoisotopic (exact) mass is 828 g/mol. The van der Waals surface area contributed by atoms with E-state index in [0.717, 1.165) is 45.3 Å². The first kappa shape index (κ1) is 48.3. The maximum absolute atomic E-state index is 12.7. The van der Waals surface area contributed by atoms with Crippen LogP contribution in [0.1, 0.15) is 47.9 Å². The van der Waals surface area contributed by atoms with Gasteiger partial charge in [-0.3, -0.25) is 19.2 Å². The van der Waals surface area contributed by atoms with Crippen molar-refractivity contribution in [1.29, 1.82) is 0 Å². The Morgan fingerprint density at radius 3 is 0.933 bits per heavy atom. The number of rotatable bonds is 22. The van der Waals surface area contributed by atoms with Gasteiger partial charge in [-0.15, -0.1) is 0 Å². The van der Waals surface area contributed by atoms with Gasteiger partial charge in [-0.2, -0.15) is 0 Å². The van der Waals surface area contributed by atoms with Crippen LogP contribution < -0.4 is 18.9 Å². The van der Waals surface area contributed by atoms with Crippen molar-refractivity contribution in [3.8, 4) is 23.0 Å². The molecule has 0 spiro atoms. The maximum Gasteiger partial charge on any atom is 0.309 e. The molecule has 0 heterocycles. The van der Waals surface area contributed by atoms with Crippen LogP contribution in [0.3, 0.4) is 0 Å². The topological polar surface area (TPSA) is 142 Å². The average Bonchev–Trinajstić information content (AvgIpc) is 3.29. The third-order valence-electron chi connectivity index (χ3n) is 10.5. The summed E-state index contributed by atoms with van der Waals surface area (Å²) >= 11 is 0. The second-order valence-corrected chi connectivity index (χ2v) is 14.2. The molecule has 0 aliphatic rings. The largest absolute Gasteiger partial charge is 0.497 e. The fourth-order valence-corrected chi connectivity index (χ4v) is 7.20. The molecule has 0 saturated carbocycles. The van der Waals surface area contributed by atoms with Gasteiger partial charge in [0.05, 0.1) is 68.7 Å². The molecule has 324 valence electrons. The van der Waals surface area contributed by atoms with Gasteiger partial charge < -0.3 is 37.9 Å². The Morgan fingerprint density at radius 2 is 0.683 bits per heavy atom. The molecule has 60 heavy (non-hydrogen) atoms. The first-order chi connectivity index (χ1) is 29.0. The van der Waals surface area contributed by atoms with Gasteiger partial charge in [0.25, 0.3) is 0 Å². The number of ether oxygens (including phenoxy) is 8. The van der Waals surface area contributed by atoms with E-state index in [-0.39, 0.29) is 48.6 Å². The highest BCUT2D eigenvalue weighted by molar-refractivity contribution is 5.74. The first-order valence-corrected chi connectivity index (χ1v) is 19.8. The first-order valence-electron chi connectivity index (χ1n) is 19.8. The summed E-state index contributed by atoms with van der Waals surface area (Å²) in [6.45, 7) is 0. The molecule has 4 rings (SSSR count). The van der Waals surface area contributed by atoms with Gasteiger partial charge in [0.2, 0.25) is 0 Å². The number of benzene rings is 4. The standard InChI is InChI=1S/2C24H30O6/c2*1-27-20-9-5-7-17(14-20)13-19(11-12-23(25)29-3)22(24(26)30-4)16-18-8-6-10-21(15-18)28-2/h2*5-10,14-15,19,22H,11-13,16H2,1-4H3/t2*19-,22-/m10/s1. The lowest BCUT2D eigenvalue weighted by atomic mass is 9.80. The molecular formula is C48H60O12. The molecule has 0 unspecified atom stereocenters. The number of hydrogen-bond donors (Lipinski definition) is 0. The van der Waals surface area contributed by atoms with Crippen LogP contribution in [0, 0.1) is 23.7 Å². The predicted molar refractivity (Wildman–Crippen MR) is 227 cm³/mol. The number of methoxy groups -OCH3 is 8. The van der Waals surface area contributed by atoms with Crippen LogP contribution >= 0.6 is 0 Å². The van der Waals surface area contributed by atoms with E-state index < -0.39 is 11.8 Å². The summed E-state index contributed by atoms with van der Waals surface area (Å²) in [6, 6.07) is 30.7. The zero-order valence-electron chi connectivity index (χ0n) is 36.1. The Kier molecular flexibility index (Phi) is 21.1. The summed E-state index contributed by atoms with van der Waals surface area (Å²) in [4.78, 5) is 49.1. The molecule has 12 nitrogen and oxygen atoms in total. The van der Waals surface area contributed by atoms with E-state index in [0.29, 0.717) is 38.5 Å². The molecule has 0 saturated heterocycles. The van der Waals surface area contributed by atoms with E-state index >= 15 is 0 Å². The van der Waals surface area contributed by atoms with Crippen molar-refractivity contribution in [2.45, 2.75) is 51.4 Å². The Labute approximate surface area is 354 Å². The molecule has 4 aromatic carbocycles. The molecule has 0 bridgehead atoms. The Hall–Kier alpha value is -6.04. The second-order valence-electron chi connectivity index (χ2n) is 14.2. The number of carbonyl (C=O) groups is 4. The fourth-order valence-electron chi connectivity index (χ4n) is 7.20. The Bertz CT molecular complexity index is 1800.